The van der Waals surface area contributed by atoms with Crippen molar-refractivity contribution in [2.24, 2.45) is 0 Å². The zero-order valence-corrected chi connectivity index (χ0v) is 13.5. The first-order valence-corrected chi connectivity index (χ1v) is 6.66. The highest BCUT2D eigenvalue weighted by Gasteiger charge is 2.18. The maximum absolute atomic E-state index is 12.3. The van der Waals surface area contributed by atoms with Gasteiger partial charge in [0.2, 0.25) is 12.3 Å². The second kappa shape index (κ2) is 6.66. The van der Waals surface area contributed by atoms with Crippen LogP contribution in [0.15, 0.2) is 63.9 Å². The Balaban J connectivity index is 0.00000176. The van der Waals surface area contributed by atoms with E-state index in [0.29, 0.717) is 5.58 Å². The van der Waals surface area contributed by atoms with Crippen molar-refractivity contribution < 1.29 is 30.8 Å². The number of aryl methyl sites for hydroxylation is 1. The number of carbonyl (C=O) groups is 1. The molecule has 0 aliphatic rings. The summed E-state index contributed by atoms with van der Waals surface area (Å²) < 4.78 is 7.00. The summed E-state index contributed by atoms with van der Waals surface area (Å²) >= 11 is 0. The van der Waals surface area contributed by atoms with E-state index in [4.69, 9.17) is 4.42 Å². The van der Waals surface area contributed by atoms with Gasteiger partial charge in [0.05, 0.1) is 0 Å². The summed E-state index contributed by atoms with van der Waals surface area (Å²) in [7, 11) is 0. The number of ketones is 1. The molecule has 3 aromatic rings. The quantitative estimate of drug-likeness (QED) is 0.352. The summed E-state index contributed by atoms with van der Waals surface area (Å²) in [6, 6.07) is 14.4. The molecule has 2 heterocycles. The topological polar surface area (TPSA) is 51.2 Å². The number of pyridine rings is 1. The number of carbonyl (C=O) groups excluding carboxylic acids is 1. The Labute approximate surface area is 137 Å². The number of benzene rings is 1. The number of rotatable bonds is 3. The van der Waals surface area contributed by atoms with Crippen LogP contribution >= 0.6 is 0 Å². The Morgan fingerprint density at radius 3 is 2.64 bits per heavy atom. The number of hydrogen-bond acceptors (Lipinski definition) is 3. The maximum Gasteiger partial charge on any atom is 0.347 e. The van der Waals surface area contributed by atoms with Gasteiger partial charge in [0.1, 0.15) is 11.1 Å². The first kappa shape index (κ1) is 16.1. The van der Waals surface area contributed by atoms with Gasteiger partial charge in [0.15, 0.2) is 11.9 Å². The lowest BCUT2D eigenvalue weighted by Crippen LogP contribution is -3.00. The summed E-state index contributed by atoms with van der Waals surface area (Å²) in [5, 5.41) is 0.746. The van der Waals surface area contributed by atoms with Gasteiger partial charge >= 0.3 is 5.63 Å². The minimum absolute atomic E-state index is 0. The predicted octanol–water partition coefficient (Wildman–Crippen LogP) is -0.724. The number of para-hydroxylation sites is 1. The van der Waals surface area contributed by atoms with Gasteiger partial charge in [-0.05, 0) is 12.1 Å². The van der Waals surface area contributed by atoms with E-state index in [1.165, 1.54) is 0 Å². The molecule has 0 unspecified atom stereocenters. The first-order valence-electron chi connectivity index (χ1n) is 6.66. The molecule has 0 N–H and O–H groups in total. The number of nitrogens with zero attached hydrogens (tertiary/aromatic N) is 1. The number of fused-ring (bicyclic) bond motifs is 1. The Kier molecular flexibility index (Phi) is 4.88. The van der Waals surface area contributed by atoms with Crippen LogP contribution in [0.5, 0.6) is 0 Å². The standard InChI is InChI=1S/C17H14NO3.BrH/c1-12-6-4-5-9-18(12)11-15(19)14-10-13-7-2-3-8-16(13)21-17(14)20;/h2-10H,11H2,1H3;1H/q+1;/p-1. The van der Waals surface area contributed by atoms with Gasteiger partial charge in [-0.25, -0.2) is 4.79 Å². The fourth-order valence-corrected chi connectivity index (χ4v) is 2.24. The minimum atomic E-state index is -0.590. The molecule has 0 bridgehead atoms. The number of hydrogen-bond donors (Lipinski definition) is 0. The molecular weight excluding hydrogens is 346 g/mol. The van der Waals surface area contributed by atoms with E-state index in [9.17, 15) is 9.59 Å². The van der Waals surface area contributed by atoms with Crippen molar-refractivity contribution in [1.82, 2.24) is 0 Å². The molecule has 0 spiro atoms. The molecule has 0 amide bonds. The summed E-state index contributed by atoms with van der Waals surface area (Å²) in [6.07, 6.45) is 1.82. The summed E-state index contributed by atoms with van der Waals surface area (Å²) in [4.78, 5) is 24.3. The van der Waals surface area contributed by atoms with Crippen LogP contribution in [0.25, 0.3) is 11.0 Å². The predicted molar refractivity (Wildman–Crippen MR) is 78.2 cm³/mol. The maximum atomic E-state index is 12.3. The van der Waals surface area contributed by atoms with Crippen LogP contribution < -0.4 is 27.2 Å². The fraction of sp³-hybridized carbons (Fsp3) is 0.118. The van der Waals surface area contributed by atoms with Crippen molar-refractivity contribution in [1.29, 1.82) is 0 Å². The zero-order chi connectivity index (χ0) is 14.8. The SMILES string of the molecule is Cc1cccc[n+]1CC(=O)c1cc2ccccc2oc1=O.[Br-]. The number of halogens is 1. The monoisotopic (exact) mass is 359 g/mol. The molecule has 0 atom stereocenters. The van der Waals surface area contributed by atoms with Gasteiger partial charge in [0, 0.05) is 24.4 Å². The van der Waals surface area contributed by atoms with Gasteiger partial charge in [0.25, 0.3) is 0 Å². The van der Waals surface area contributed by atoms with Crippen molar-refractivity contribution in [2.45, 2.75) is 13.5 Å². The van der Waals surface area contributed by atoms with Gasteiger partial charge < -0.3 is 21.4 Å². The molecular formula is C17H14BrNO3. The van der Waals surface area contributed by atoms with Crippen LogP contribution in [-0.2, 0) is 6.54 Å². The smallest absolute Gasteiger partial charge is 0.347 e. The molecule has 4 nitrogen and oxygen atoms in total. The largest absolute Gasteiger partial charge is 1.00 e. The van der Waals surface area contributed by atoms with E-state index in [-0.39, 0.29) is 34.9 Å². The zero-order valence-electron chi connectivity index (χ0n) is 12.0. The van der Waals surface area contributed by atoms with Crippen LogP contribution in [0, 0.1) is 6.92 Å². The highest BCUT2D eigenvalue weighted by atomic mass is 79.9. The fourth-order valence-electron chi connectivity index (χ4n) is 2.24. The van der Waals surface area contributed by atoms with Gasteiger partial charge in [-0.2, -0.15) is 4.57 Å². The molecule has 0 fully saturated rings. The molecule has 0 aliphatic heterocycles. The van der Waals surface area contributed by atoms with E-state index in [1.807, 2.05) is 43.5 Å². The van der Waals surface area contributed by atoms with Crippen LogP contribution in [0.1, 0.15) is 16.1 Å². The Morgan fingerprint density at radius 2 is 1.86 bits per heavy atom. The molecule has 3 rings (SSSR count). The van der Waals surface area contributed by atoms with Crippen LogP contribution in [0.3, 0.4) is 0 Å². The molecule has 0 saturated carbocycles. The average Bonchev–Trinajstić information content (AvgIpc) is 2.49. The third-order valence-corrected chi connectivity index (χ3v) is 3.42. The van der Waals surface area contributed by atoms with E-state index < -0.39 is 5.63 Å². The van der Waals surface area contributed by atoms with Crippen molar-refractivity contribution in [2.75, 3.05) is 0 Å². The lowest BCUT2D eigenvalue weighted by atomic mass is 10.1. The van der Waals surface area contributed by atoms with Crippen molar-refractivity contribution in [3.8, 4) is 0 Å². The Hall–Kier alpha value is -2.27. The number of aromatic nitrogens is 1. The van der Waals surface area contributed by atoms with Gasteiger partial charge in [-0.15, -0.1) is 0 Å². The highest BCUT2D eigenvalue weighted by molar-refractivity contribution is 5.97. The van der Waals surface area contributed by atoms with Crippen molar-refractivity contribution in [3.63, 3.8) is 0 Å². The second-order valence-electron chi connectivity index (χ2n) is 4.88. The van der Waals surface area contributed by atoms with Gasteiger partial charge in [-0.3, -0.25) is 4.79 Å². The van der Waals surface area contributed by atoms with Crippen molar-refractivity contribution in [3.05, 3.63) is 76.4 Å². The first-order chi connectivity index (χ1) is 10.1. The molecule has 112 valence electrons. The normalized spacial score (nSPS) is 10.2. The van der Waals surface area contributed by atoms with E-state index in [0.717, 1.165) is 11.1 Å². The lowest BCUT2D eigenvalue weighted by Gasteiger charge is -2.01. The summed E-state index contributed by atoms with van der Waals surface area (Å²) in [5.41, 5.74) is 0.941. The summed E-state index contributed by atoms with van der Waals surface area (Å²) in [5.74, 6) is -0.256. The second-order valence-corrected chi connectivity index (χ2v) is 4.88. The molecule has 22 heavy (non-hydrogen) atoms. The van der Waals surface area contributed by atoms with Crippen LogP contribution in [-0.4, -0.2) is 5.78 Å². The van der Waals surface area contributed by atoms with Crippen LogP contribution in [0.2, 0.25) is 0 Å². The minimum Gasteiger partial charge on any atom is -1.00 e. The highest BCUT2D eigenvalue weighted by Crippen LogP contribution is 2.12. The van der Waals surface area contributed by atoms with Crippen LogP contribution in [0.4, 0.5) is 0 Å². The molecule has 5 heteroatoms. The third kappa shape index (κ3) is 3.14. The molecule has 2 aromatic heterocycles. The molecule has 1 aromatic carbocycles. The average molecular weight is 360 g/mol. The van der Waals surface area contributed by atoms with E-state index >= 15 is 0 Å². The van der Waals surface area contributed by atoms with Crippen molar-refractivity contribution >= 4 is 16.8 Å². The van der Waals surface area contributed by atoms with Gasteiger partial charge in [-0.1, -0.05) is 24.3 Å². The number of Topliss-reactive ketones (excluding diaryl/α,β-unsaturated/α-hetero) is 1. The molecule has 0 radical (unpaired) electrons. The summed E-state index contributed by atoms with van der Waals surface area (Å²) in [6.45, 7) is 2.03. The third-order valence-electron chi connectivity index (χ3n) is 3.42. The lowest BCUT2D eigenvalue weighted by molar-refractivity contribution is -0.689. The molecule has 0 aliphatic carbocycles. The van der Waals surface area contributed by atoms with E-state index in [1.54, 1.807) is 22.8 Å². The molecule has 0 saturated heterocycles. The van der Waals surface area contributed by atoms with E-state index in [2.05, 4.69) is 0 Å². The Bertz CT molecular complexity index is 886. The Morgan fingerprint density at radius 1 is 1.14 bits per heavy atom.